The number of aromatic nitrogens is 1. The quantitative estimate of drug-likeness (QED) is 0.216. The van der Waals surface area contributed by atoms with Gasteiger partial charge in [-0.1, -0.05) is 48.5 Å². The summed E-state index contributed by atoms with van der Waals surface area (Å²) in [6.45, 7) is 4.01. The molecule has 0 bridgehead atoms. The van der Waals surface area contributed by atoms with Gasteiger partial charge in [-0.05, 0) is 59.7 Å². The molecule has 0 aliphatic rings. The summed E-state index contributed by atoms with van der Waals surface area (Å²) in [6.07, 6.45) is 3.88. The Hall–Kier alpha value is -3.31. The lowest BCUT2D eigenvalue weighted by Crippen LogP contribution is -1.98. The predicted octanol–water partition coefficient (Wildman–Crippen LogP) is 7.32. The molecule has 6 heteroatoms. The number of rotatable bonds is 7. The van der Waals surface area contributed by atoms with Crippen molar-refractivity contribution in [3.05, 3.63) is 107 Å². The van der Waals surface area contributed by atoms with Crippen LogP contribution < -0.4 is 4.74 Å². The molecule has 1 aromatic heterocycles. The summed E-state index contributed by atoms with van der Waals surface area (Å²) in [4.78, 5) is 4.41. The summed E-state index contributed by atoms with van der Waals surface area (Å²) in [7, 11) is 0. The molecule has 0 N–H and O–H groups in total. The van der Waals surface area contributed by atoms with Gasteiger partial charge in [-0.25, -0.2) is 13.2 Å². The number of pyridine rings is 1. The van der Waals surface area contributed by atoms with Crippen molar-refractivity contribution in [3.63, 3.8) is 0 Å². The number of nitrogens with zero attached hydrogens (tertiary/aromatic N) is 1. The number of ether oxygens (including phenoxy) is 1. The third-order valence-electron chi connectivity index (χ3n) is 5.16. The molecule has 0 amide bonds. The van der Waals surface area contributed by atoms with Crippen LogP contribution in [0.5, 0.6) is 5.75 Å². The Bertz CT molecular complexity index is 1270. The van der Waals surface area contributed by atoms with Crippen LogP contribution in [0.3, 0.4) is 0 Å². The van der Waals surface area contributed by atoms with Gasteiger partial charge >= 0.3 is 0 Å². The van der Waals surface area contributed by atoms with Gasteiger partial charge in [0.25, 0.3) is 0 Å². The van der Waals surface area contributed by atoms with Crippen molar-refractivity contribution in [2.45, 2.75) is 12.8 Å². The number of fused-ring (bicyclic) bond motifs is 1. The molecule has 2 nitrogen and oxygen atoms in total. The Labute approximate surface area is 188 Å². The van der Waals surface area contributed by atoms with Crippen molar-refractivity contribution in [2.24, 2.45) is 0 Å². The fourth-order valence-corrected chi connectivity index (χ4v) is 3.62. The summed E-state index contributed by atoms with van der Waals surface area (Å²) in [5.41, 5.74) is 2.50. The monoisotopic (exact) mass is 453 g/mol. The maximum atomic E-state index is 15.1. The van der Waals surface area contributed by atoms with E-state index in [0.717, 1.165) is 16.6 Å². The highest BCUT2D eigenvalue weighted by Crippen LogP contribution is 2.28. The van der Waals surface area contributed by atoms with Crippen molar-refractivity contribution in [2.75, 3.05) is 6.61 Å². The van der Waals surface area contributed by atoms with Gasteiger partial charge in [-0.3, -0.25) is 4.98 Å². The van der Waals surface area contributed by atoms with Crippen molar-refractivity contribution in [1.29, 1.82) is 0 Å². The van der Waals surface area contributed by atoms with Gasteiger partial charge in [-0.15, -0.1) is 0 Å². The normalized spacial score (nSPS) is 11.0. The molecule has 162 valence electrons. The summed E-state index contributed by atoms with van der Waals surface area (Å²) in [6, 6.07) is 15.0. The molecule has 0 spiro atoms. The van der Waals surface area contributed by atoms with E-state index in [4.69, 9.17) is 16.3 Å². The molecular formula is C26H19ClF3NO. The minimum Gasteiger partial charge on any atom is -0.488 e. The zero-order valence-corrected chi connectivity index (χ0v) is 17.8. The zero-order chi connectivity index (χ0) is 22.7. The minimum atomic E-state index is -0.818. The molecule has 0 unspecified atom stereocenters. The minimum absolute atomic E-state index is 0.287. The molecule has 0 radical (unpaired) electrons. The Kier molecular flexibility index (Phi) is 6.47. The van der Waals surface area contributed by atoms with Crippen LogP contribution in [0.2, 0.25) is 5.02 Å². The average molecular weight is 454 g/mol. The van der Waals surface area contributed by atoms with Gasteiger partial charge in [0.05, 0.1) is 11.9 Å². The van der Waals surface area contributed by atoms with E-state index < -0.39 is 16.7 Å². The first-order valence-electron chi connectivity index (χ1n) is 10.0. The summed E-state index contributed by atoms with van der Waals surface area (Å²) in [5, 5.41) is 0.682. The van der Waals surface area contributed by atoms with Crippen LogP contribution in [0.1, 0.15) is 11.1 Å². The maximum absolute atomic E-state index is 15.1. The molecule has 4 rings (SSSR count). The summed E-state index contributed by atoms with van der Waals surface area (Å²) in [5.74, 6) is -1.33. The van der Waals surface area contributed by atoms with Gasteiger partial charge in [-0.2, -0.15) is 0 Å². The Balaban J connectivity index is 1.55. The predicted molar refractivity (Wildman–Crippen MR) is 122 cm³/mol. The van der Waals surface area contributed by atoms with E-state index in [1.807, 2.05) is 30.3 Å². The number of hydrogen-bond acceptors (Lipinski definition) is 2. The first-order valence-corrected chi connectivity index (χ1v) is 10.4. The standard InChI is InChI=1S/C26H19ClF3NO/c1-2-11-32-20-8-10-24(31-15-20)19-7-9-21-18(14-19)6-5-17(26(21)30)4-3-16-12-22(28)25(27)23(29)13-16/h2,5-10,12-15H,1,3-4,11H2. The third kappa shape index (κ3) is 4.63. The van der Waals surface area contributed by atoms with Crippen molar-refractivity contribution in [3.8, 4) is 17.0 Å². The second-order valence-corrected chi connectivity index (χ2v) is 7.70. The summed E-state index contributed by atoms with van der Waals surface area (Å²) >= 11 is 5.52. The van der Waals surface area contributed by atoms with Crippen LogP contribution in [-0.4, -0.2) is 11.6 Å². The van der Waals surface area contributed by atoms with Gasteiger partial charge in [0, 0.05) is 10.9 Å². The fraction of sp³-hybridized carbons (Fsp3) is 0.115. The molecular weight excluding hydrogens is 435 g/mol. The molecule has 1 heterocycles. The van der Waals surface area contributed by atoms with Gasteiger partial charge in [0.1, 0.15) is 34.8 Å². The lowest BCUT2D eigenvalue weighted by Gasteiger charge is -2.10. The maximum Gasteiger partial charge on any atom is 0.145 e. The van der Waals surface area contributed by atoms with Gasteiger partial charge in [0.15, 0.2) is 0 Å². The van der Waals surface area contributed by atoms with Crippen LogP contribution in [0.4, 0.5) is 13.2 Å². The van der Waals surface area contributed by atoms with E-state index in [9.17, 15) is 8.78 Å². The lowest BCUT2D eigenvalue weighted by molar-refractivity contribution is 0.362. The van der Waals surface area contributed by atoms with Crippen molar-refractivity contribution in [1.82, 2.24) is 4.98 Å². The summed E-state index contributed by atoms with van der Waals surface area (Å²) < 4.78 is 47.8. The second-order valence-electron chi connectivity index (χ2n) is 7.33. The highest BCUT2D eigenvalue weighted by molar-refractivity contribution is 6.30. The van der Waals surface area contributed by atoms with Crippen molar-refractivity contribution >= 4 is 22.4 Å². The SMILES string of the molecule is C=CCOc1ccc(-c2ccc3c(F)c(CCc4cc(F)c(Cl)c(F)c4)ccc3c2)nc1. The number of aryl methyl sites for hydroxylation is 2. The van der Waals surface area contributed by atoms with E-state index in [1.165, 1.54) is 12.1 Å². The molecule has 0 saturated carbocycles. The average Bonchev–Trinajstić information content (AvgIpc) is 2.81. The van der Waals surface area contributed by atoms with Crippen LogP contribution in [0.25, 0.3) is 22.0 Å². The van der Waals surface area contributed by atoms with E-state index in [-0.39, 0.29) is 12.2 Å². The van der Waals surface area contributed by atoms with E-state index in [1.54, 1.807) is 24.4 Å². The second kappa shape index (κ2) is 9.45. The third-order valence-corrected chi connectivity index (χ3v) is 5.52. The highest BCUT2D eigenvalue weighted by atomic mass is 35.5. The Morgan fingerprint density at radius 3 is 2.41 bits per heavy atom. The van der Waals surface area contributed by atoms with E-state index >= 15 is 4.39 Å². The molecule has 0 saturated heterocycles. The molecule has 0 fully saturated rings. The van der Waals surface area contributed by atoms with Crippen LogP contribution in [0, 0.1) is 17.5 Å². The number of hydrogen-bond donors (Lipinski definition) is 0. The largest absolute Gasteiger partial charge is 0.488 e. The lowest BCUT2D eigenvalue weighted by atomic mass is 9.98. The van der Waals surface area contributed by atoms with E-state index in [2.05, 4.69) is 11.6 Å². The van der Waals surface area contributed by atoms with Crippen LogP contribution >= 0.6 is 11.6 Å². The first kappa shape index (κ1) is 21.9. The molecule has 32 heavy (non-hydrogen) atoms. The molecule has 0 aliphatic heterocycles. The first-order chi connectivity index (χ1) is 15.5. The Morgan fingerprint density at radius 1 is 0.938 bits per heavy atom. The molecule has 4 aromatic rings. The molecule has 0 aliphatic carbocycles. The molecule has 0 atom stereocenters. The van der Waals surface area contributed by atoms with Crippen LogP contribution in [0.15, 0.2) is 73.4 Å². The molecule has 3 aromatic carbocycles. The van der Waals surface area contributed by atoms with Crippen LogP contribution in [-0.2, 0) is 12.8 Å². The smallest absolute Gasteiger partial charge is 0.145 e. The fourth-order valence-electron chi connectivity index (χ4n) is 3.51. The number of halogens is 4. The van der Waals surface area contributed by atoms with Gasteiger partial charge < -0.3 is 4.74 Å². The highest BCUT2D eigenvalue weighted by Gasteiger charge is 2.12. The zero-order valence-electron chi connectivity index (χ0n) is 17.0. The van der Waals surface area contributed by atoms with Gasteiger partial charge in [0.2, 0.25) is 0 Å². The Morgan fingerprint density at radius 2 is 1.72 bits per heavy atom. The van der Waals surface area contributed by atoms with Crippen molar-refractivity contribution < 1.29 is 17.9 Å². The number of benzene rings is 3. The van der Waals surface area contributed by atoms with E-state index in [0.29, 0.717) is 35.3 Å². The topological polar surface area (TPSA) is 22.1 Å².